The van der Waals surface area contributed by atoms with Crippen molar-refractivity contribution in [2.24, 2.45) is 0 Å². The molecule has 3 aromatic rings. The first-order valence-electron chi connectivity index (χ1n) is 9.89. The van der Waals surface area contributed by atoms with Gasteiger partial charge in [0.05, 0.1) is 10.6 Å². The number of aryl methyl sites for hydroxylation is 2. The van der Waals surface area contributed by atoms with Crippen LogP contribution in [0.4, 0.5) is 11.4 Å². The highest BCUT2D eigenvalue weighted by atomic mass is 32.2. The standard InChI is InChI=1S/C24H24N2O3S/c1-16-8-7-9-17(2)23(16)25-24(27)19-12-13-22-20(15-19)14-18(3)26(22)30(28,29)21-10-5-4-6-11-21/h4-13,15,18H,14H2,1-3H3,(H,25,27)/t18-/m1/s1. The largest absolute Gasteiger partial charge is 0.322 e. The third-order valence-corrected chi connectivity index (χ3v) is 7.46. The fourth-order valence-corrected chi connectivity index (χ4v) is 5.73. The lowest BCUT2D eigenvalue weighted by Crippen LogP contribution is -2.35. The van der Waals surface area contributed by atoms with Crippen molar-refractivity contribution in [2.45, 2.75) is 38.1 Å². The van der Waals surface area contributed by atoms with Crippen LogP contribution in [0.25, 0.3) is 0 Å². The maximum Gasteiger partial charge on any atom is 0.264 e. The van der Waals surface area contributed by atoms with E-state index in [-0.39, 0.29) is 16.8 Å². The lowest BCUT2D eigenvalue weighted by atomic mass is 10.1. The van der Waals surface area contributed by atoms with E-state index in [9.17, 15) is 13.2 Å². The number of anilines is 2. The Morgan fingerprint density at radius 1 is 0.967 bits per heavy atom. The molecule has 1 atom stereocenters. The zero-order valence-corrected chi connectivity index (χ0v) is 18.0. The van der Waals surface area contributed by atoms with Crippen molar-refractivity contribution in [3.63, 3.8) is 0 Å². The number of nitrogens with one attached hydrogen (secondary N) is 1. The second kappa shape index (κ2) is 7.61. The predicted molar refractivity (Wildman–Crippen MR) is 120 cm³/mol. The molecule has 3 aromatic carbocycles. The van der Waals surface area contributed by atoms with E-state index in [0.29, 0.717) is 17.7 Å². The van der Waals surface area contributed by atoms with Gasteiger partial charge in [-0.1, -0.05) is 36.4 Å². The Kier molecular flexibility index (Phi) is 5.12. The summed E-state index contributed by atoms with van der Waals surface area (Å²) in [6.07, 6.45) is 0.561. The van der Waals surface area contributed by atoms with Gasteiger partial charge in [0.15, 0.2) is 0 Å². The molecule has 1 amide bonds. The Labute approximate surface area is 177 Å². The molecule has 1 aliphatic rings. The van der Waals surface area contributed by atoms with Crippen molar-refractivity contribution in [3.05, 3.63) is 89.0 Å². The van der Waals surface area contributed by atoms with Crippen LogP contribution < -0.4 is 9.62 Å². The van der Waals surface area contributed by atoms with Gasteiger partial charge in [-0.25, -0.2) is 8.42 Å². The average Bonchev–Trinajstić information content (AvgIpc) is 3.07. The number of sulfonamides is 1. The fraction of sp³-hybridized carbons (Fsp3) is 0.208. The quantitative estimate of drug-likeness (QED) is 0.666. The van der Waals surface area contributed by atoms with Gasteiger partial charge in [0.25, 0.3) is 15.9 Å². The lowest BCUT2D eigenvalue weighted by Gasteiger charge is -2.24. The second-order valence-corrected chi connectivity index (χ2v) is 9.55. The van der Waals surface area contributed by atoms with E-state index < -0.39 is 10.0 Å². The van der Waals surface area contributed by atoms with Crippen LogP contribution in [0.3, 0.4) is 0 Å². The van der Waals surface area contributed by atoms with Crippen LogP contribution in [0.15, 0.2) is 71.6 Å². The number of rotatable bonds is 4. The van der Waals surface area contributed by atoms with Gasteiger partial charge in [0.2, 0.25) is 0 Å². The van der Waals surface area contributed by atoms with Crippen LogP contribution in [-0.4, -0.2) is 20.4 Å². The van der Waals surface area contributed by atoms with Crippen molar-refractivity contribution in [3.8, 4) is 0 Å². The second-order valence-electron chi connectivity index (χ2n) is 7.73. The van der Waals surface area contributed by atoms with Gasteiger partial charge < -0.3 is 5.32 Å². The molecular formula is C24H24N2O3S. The number of fused-ring (bicyclic) bond motifs is 1. The molecule has 154 valence electrons. The Balaban J connectivity index is 1.65. The molecule has 0 aromatic heterocycles. The molecule has 1 N–H and O–H groups in total. The topological polar surface area (TPSA) is 66.5 Å². The molecular weight excluding hydrogens is 396 g/mol. The summed E-state index contributed by atoms with van der Waals surface area (Å²) in [6.45, 7) is 5.80. The first-order valence-corrected chi connectivity index (χ1v) is 11.3. The molecule has 4 rings (SSSR count). The van der Waals surface area contributed by atoms with E-state index in [0.717, 1.165) is 22.4 Å². The van der Waals surface area contributed by atoms with Crippen molar-refractivity contribution in [1.82, 2.24) is 0 Å². The molecule has 0 fully saturated rings. The van der Waals surface area contributed by atoms with E-state index >= 15 is 0 Å². The first kappa shape index (κ1) is 20.2. The summed E-state index contributed by atoms with van der Waals surface area (Å²) in [6, 6.07) is 19.3. The maximum absolute atomic E-state index is 13.2. The van der Waals surface area contributed by atoms with Crippen LogP contribution in [0.1, 0.15) is 34.0 Å². The zero-order chi connectivity index (χ0) is 21.5. The summed E-state index contributed by atoms with van der Waals surface area (Å²) >= 11 is 0. The van der Waals surface area contributed by atoms with E-state index in [1.165, 1.54) is 4.31 Å². The molecule has 0 saturated carbocycles. The molecule has 1 heterocycles. The van der Waals surface area contributed by atoms with E-state index in [4.69, 9.17) is 0 Å². The first-order chi connectivity index (χ1) is 14.3. The van der Waals surface area contributed by atoms with Crippen molar-refractivity contribution in [2.75, 3.05) is 9.62 Å². The highest BCUT2D eigenvalue weighted by Crippen LogP contribution is 2.37. The van der Waals surface area contributed by atoms with Crippen LogP contribution in [0, 0.1) is 13.8 Å². The van der Waals surface area contributed by atoms with Crippen LogP contribution in [0.5, 0.6) is 0 Å². The highest BCUT2D eigenvalue weighted by molar-refractivity contribution is 7.92. The monoisotopic (exact) mass is 420 g/mol. The summed E-state index contributed by atoms with van der Waals surface area (Å²) in [7, 11) is -3.66. The van der Waals surface area contributed by atoms with E-state index in [1.54, 1.807) is 48.5 Å². The molecule has 0 unspecified atom stereocenters. The van der Waals surface area contributed by atoms with E-state index in [1.807, 2.05) is 39.0 Å². The van der Waals surface area contributed by atoms with Gasteiger partial charge in [0, 0.05) is 17.3 Å². The summed E-state index contributed by atoms with van der Waals surface area (Å²) in [5, 5.41) is 2.99. The summed E-state index contributed by atoms with van der Waals surface area (Å²) in [5.74, 6) is -0.202. The number of amides is 1. The van der Waals surface area contributed by atoms with Gasteiger partial charge in [-0.15, -0.1) is 0 Å². The Bertz CT molecular complexity index is 1200. The molecule has 6 heteroatoms. The SMILES string of the molecule is Cc1cccc(C)c1NC(=O)c1ccc2c(c1)C[C@@H](C)N2S(=O)(=O)c1ccccc1. The van der Waals surface area contributed by atoms with Gasteiger partial charge >= 0.3 is 0 Å². The van der Waals surface area contributed by atoms with Crippen LogP contribution in [0.2, 0.25) is 0 Å². The molecule has 1 aliphatic heterocycles. The Morgan fingerprint density at radius 3 is 2.30 bits per heavy atom. The maximum atomic E-state index is 13.2. The third-order valence-electron chi connectivity index (χ3n) is 5.51. The number of benzene rings is 3. The van der Waals surface area contributed by atoms with Crippen molar-refractivity contribution < 1.29 is 13.2 Å². The number of hydrogen-bond donors (Lipinski definition) is 1. The normalized spacial score (nSPS) is 15.7. The van der Waals surface area contributed by atoms with Gasteiger partial charge in [0.1, 0.15) is 0 Å². The smallest absolute Gasteiger partial charge is 0.264 e. The van der Waals surface area contributed by atoms with Crippen LogP contribution in [-0.2, 0) is 16.4 Å². The number of nitrogens with zero attached hydrogens (tertiary/aromatic N) is 1. The molecule has 5 nitrogen and oxygen atoms in total. The minimum Gasteiger partial charge on any atom is -0.322 e. The fourth-order valence-electron chi connectivity index (χ4n) is 4.01. The van der Waals surface area contributed by atoms with Crippen LogP contribution >= 0.6 is 0 Å². The van der Waals surface area contributed by atoms with Crippen molar-refractivity contribution in [1.29, 1.82) is 0 Å². The summed E-state index contributed by atoms with van der Waals surface area (Å²) in [5.41, 5.74) is 4.81. The summed E-state index contributed by atoms with van der Waals surface area (Å²) < 4.78 is 27.8. The third kappa shape index (κ3) is 3.48. The molecule has 0 bridgehead atoms. The molecule has 0 radical (unpaired) electrons. The number of carbonyl (C=O) groups is 1. The van der Waals surface area contributed by atoms with Crippen molar-refractivity contribution >= 4 is 27.3 Å². The van der Waals surface area contributed by atoms with Gasteiger partial charge in [-0.3, -0.25) is 9.10 Å². The molecule has 0 saturated heterocycles. The molecule has 0 aliphatic carbocycles. The lowest BCUT2D eigenvalue weighted by molar-refractivity contribution is 0.102. The molecule has 0 spiro atoms. The van der Waals surface area contributed by atoms with Gasteiger partial charge in [-0.2, -0.15) is 0 Å². The number of hydrogen-bond acceptors (Lipinski definition) is 3. The highest BCUT2D eigenvalue weighted by Gasteiger charge is 2.36. The minimum absolute atomic E-state index is 0.202. The average molecular weight is 421 g/mol. The number of carbonyl (C=O) groups excluding carboxylic acids is 1. The molecule has 30 heavy (non-hydrogen) atoms. The summed E-state index contributed by atoms with van der Waals surface area (Å²) in [4.78, 5) is 13.1. The zero-order valence-electron chi connectivity index (χ0n) is 17.2. The Hall–Kier alpha value is -3.12. The van der Waals surface area contributed by atoms with Gasteiger partial charge in [-0.05, 0) is 74.2 Å². The minimum atomic E-state index is -3.66. The predicted octanol–water partition coefficient (Wildman–Crippen LogP) is 4.70. The number of para-hydroxylation sites is 1. The Morgan fingerprint density at radius 2 is 1.63 bits per heavy atom. The van der Waals surface area contributed by atoms with E-state index in [2.05, 4.69) is 5.32 Å².